The lowest BCUT2D eigenvalue weighted by Gasteiger charge is -2.18. The molecule has 3 heteroatoms. The Balaban J connectivity index is 2.64. The summed E-state index contributed by atoms with van der Waals surface area (Å²) in [6.07, 6.45) is 0. The third-order valence-electron chi connectivity index (χ3n) is 2.24. The van der Waals surface area contributed by atoms with Crippen molar-refractivity contribution in [3.05, 3.63) is 35.6 Å². The van der Waals surface area contributed by atoms with Gasteiger partial charge >= 0.3 is 0 Å². The van der Waals surface area contributed by atoms with Gasteiger partial charge in [-0.05, 0) is 31.5 Å². The van der Waals surface area contributed by atoms with Crippen molar-refractivity contribution in [1.82, 2.24) is 5.32 Å². The maximum absolute atomic E-state index is 12.9. The van der Waals surface area contributed by atoms with Crippen molar-refractivity contribution < 1.29 is 4.39 Å². The first-order valence-electron chi connectivity index (χ1n) is 4.85. The highest BCUT2D eigenvalue weighted by molar-refractivity contribution is 5.19. The van der Waals surface area contributed by atoms with Crippen molar-refractivity contribution in [1.29, 1.82) is 0 Å². The maximum atomic E-state index is 12.9. The fourth-order valence-electron chi connectivity index (χ4n) is 1.37. The van der Waals surface area contributed by atoms with Crippen LogP contribution in [0.1, 0.15) is 25.5 Å². The minimum Gasteiger partial charge on any atom is -0.329 e. The summed E-state index contributed by atoms with van der Waals surface area (Å²) in [4.78, 5) is 0. The molecule has 0 saturated carbocycles. The van der Waals surface area contributed by atoms with Gasteiger partial charge < -0.3 is 11.1 Å². The number of nitrogens with one attached hydrogen (secondary N) is 1. The van der Waals surface area contributed by atoms with Gasteiger partial charge in [-0.3, -0.25) is 0 Å². The van der Waals surface area contributed by atoms with Crippen LogP contribution in [0.5, 0.6) is 0 Å². The summed E-state index contributed by atoms with van der Waals surface area (Å²) in [5.74, 6) is -0.198. The lowest BCUT2D eigenvalue weighted by atomic mass is 10.1. The highest BCUT2D eigenvalue weighted by Gasteiger charge is 2.08. The van der Waals surface area contributed by atoms with E-state index in [1.807, 2.05) is 19.9 Å². The quantitative estimate of drug-likeness (QED) is 0.771. The predicted octanol–water partition coefficient (Wildman–Crippen LogP) is 1.82. The van der Waals surface area contributed by atoms with Crippen molar-refractivity contribution >= 4 is 0 Å². The van der Waals surface area contributed by atoms with Crippen LogP contribution in [0.15, 0.2) is 24.3 Å². The van der Waals surface area contributed by atoms with Crippen molar-refractivity contribution in [2.24, 2.45) is 5.73 Å². The Bertz CT molecular complexity index is 288. The van der Waals surface area contributed by atoms with E-state index in [0.29, 0.717) is 6.54 Å². The van der Waals surface area contributed by atoms with Gasteiger partial charge in [-0.1, -0.05) is 12.1 Å². The molecule has 0 fully saturated rings. The molecule has 0 saturated heterocycles. The molecule has 3 N–H and O–H groups in total. The second-order valence-electron chi connectivity index (χ2n) is 3.58. The van der Waals surface area contributed by atoms with E-state index in [4.69, 9.17) is 5.73 Å². The summed E-state index contributed by atoms with van der Waals surface area (Å²) in [6, 6.07) is 6.99. The standard InChI is InChI=1S/C11H17FN2/c1-8(7-13)14-9(2)10-4-3-5-11(12)6-10/h3-6,8-9,14H,7,13H2,1-2H3. The van der Waals surface area contributed by atoms with Crippen LogP contribution in [0.25, 0.3) is 0 Å². The Hall–Kier alpha value is -0.930. The normalized spacial score (nSPS) is 15.1. The molecule has 2 unspecified atom stereocenters. The predicted molar refractivity (Wildman–Crippen MR) is 56.5 cm³/mol. The average Bonchev–Trinajstić information content (AvgIpc) is 2.17. The molecule has 1 aromatic rings. The molecule has 14 heavy (non-hydrogen) atoms. The van der Waals surface area contributed by atoms with Gasteiger partial charge in [0.05, 0.1) is 0 Å². The molecule has 0 heterocycles. The molecule has 2 nitrogen and oxygen atoms in total. The highest BCUT2D eigenvalue weighted by atomic mass is 19.1. The van der Waals surface area contributed by atoms with Gasteiger partial charge in [0.1, 0.15) is 5.82 Å². The summed E-state index contributed by atoms with van der Waals surface area (Å²) in [5.41, 5.74) is 6.44. The number of hydrogen-bond acceptors (Lipinski definition) is 2. The number of rotatable bonds is 4. The fraction of sp³-hybridized carbons (Fsp3) is 0.455. The van der Waals surface area contributed by atoms with E-state index >= 15 is 0 Å². The van der Waals surface area contributed by atoms with Crippen LogP contribution in [0.2, 0.25) is 0 Å². The molecule has 0 aromatic heterocycles. The van der Waals surface area contributed by atoms with E-state index in [1.54, 1.807) is 12.1 Å². The first-order chi connectivity index (χ1) is 6.63. The molecule has 1 aromatic carbocycles. The van der Waals surface area contributed by atoms with Gasteiger partial charge in [0.2, 0.25) is 0 Å². The minimum atomic E-state index is -0.198. The van der Waals surface area contributed by atoms with Crippen LogP contribution >= 0.6 is 0 Å². The Morgan fingerprint density at radius 3 is 2.71 bits per heavy atom. The number of hydrogen-bond donors (Lipinski definition) is 2. The third-order valence-corrected chi connectivity index (χ3v) is 2.24. The zero-order valence-electron chi connectivity index (χ0n) is 8.63. The Labute approximate surface area is 84.3 Å². The molecule has 0 radical (unpaired) electrons. The number of benzene rings is 1. The van der Waals surface area contributed by atoms with E-state index in [2.05, 4.69) is 5.32 Å². The van der Waals surface area contributed by atoms with Crippen LogP contribution in [0.4, 0.5) is 4.39 Å². The third kappa shape index (κ3) is 3.09. The SMILES string of the molecule is CC(CN)NC(C)c1cccc(F)c1. The van der Waals surface area contributed by atoms with Crippen LogP contribution < -0.4 is 11.1 Å². The van der Waals surface area contributed by atoms with Gasteiger partial charge in [-0.15, -0.1) is 0 Å². The molecule has 0 aliphatic heterocycles. The van der Waals surface area contributed by atoms with Crippen LogP contribution in [-0.2, 0) is 0 Å². The lowest BCUT2D eigenvalue weighted by molar-refractivity contribution is 0.483. The summed E-state index contributed by atoms with van der Waals surface area (Å²) in [6.45, 7) is 4.59. The van der Waals surface area contributed by atoms with Gasteiger partial charge in [0, 0.05) is 18.6 Å². The van der Waals surface area contributed by atoms with Gasteiger partial charge in [-0.25, -0.2) is 4.39 Å². The smallest absolute Gasteiger partial charge is 0.123 e. The molecule has 0 bridgehead atoms. The first-order valence-corrected chi connectivity index (χ1v) is 4.85. The first kappa shape index (κ1) is 11.1. The summed E-state index contributed by atoms with van der Waals surface area (Å²) >= 11 is 0. The molecule has 1 rings (SSSR count). The van der Waals surface area contributed by atoms with E-state index in [9.17, 15) is 4.39 Å². The van der Waals surface area contributed by atoms with Crippen molar-refractivity contribution in [3.63, 3.8) is 0 Å². The van der Waals surface area contributed by atoms with Crippen molar-refractivity contribution in [2.45, 2.75) is 25.9 Å². The van der Waals surface area contributed by atoms with Crippen LogP contribution in [-0.4, -0.2) is 12.6 Å². The second-order valence-corrected chi connectivity index (χ2v) is 3.58. The molecule has 0 aliphatic rings. The van der Waals surface area contributed by atoms with E-state index in [-0.39, 0.29) is 17.9 Å². The average molecular weight is 196 g/mol. The summed E-state index contributed by atoms with van der Waals surface area (Å²) < 4.78 is 12.9. The van der Waals surface area contributed by atoms with Gasteiger partial charge in [0.15, 0.2) is 0 Å². The van der Waals surface area contributed by atoms with Crippen LogP contribution in [0.3, 0.4) is 0 Å². The Morgan fingerprint density at radius 1 is 1.43 bits per heavy atom. The summed E-state index contributed by atoms with van der Waals surface area (Å²) in [7, 11) is 0. The Morgan fingerprint density at radius 2 is 2.14 bits per heavy atom. The highest BCUT2D eigenvalue weighted by Crippen LogP contribution is 2.13. The summed E-state index contributed by atoms with van der Waals surface area (Å²) in [5, 5.41) is 3.28. The largest absolute Gasteiger partial charge is 0.329 e. The maximum Gasteiger partial charge on any atom is 0.123 e. The van der Waals surface area contributed by atoms with Gasteiger partial charge in [-0.2, -0.15) is 0 Å². The number of halogens is 1. The number of nitrogens with two attached hydrogens (primary N) is 1. The molecule has 78 valence electrons. The lowest BCUT2D eigenvalue weighted by Crippen LogP contribution is -2.35. The zero-order valence-corrected chi connectivity index (χ0v) is 8.63. The molecule has 0 aliphatic carbocycles. The fourth-order valence-corrected chi connectivity index (χ4v) is 1.37. The molecular formula is C11H17FN2. The Kier molecular flexibility index (Phi) is 4.04. The van der Waals surface area contributed by atoms with Gasteiger partial charge in [0.25, 0.3) is 0 Å². The molecule has 2 atom stereocenters. The van der Waals surface area contributed by atoms with E-state index in [1.165, 1.54) is 6.07 Å². The zero-order chi connectivity index (χ0) is 10.6. The topological polar surface area (TPSA) is 38.0 Å². The van der Waals surface area contributed by atoms with E-state index < -0.39 is 0 Å². The van der Waals surface area contributed by atoms with Crippen molar-refractivity contribution in [2.75, 3.05) is 6.54 Å². The molecular weight excluding hydrogens is 179 g/mol. The van der Waals surface area contributed by atoms with Crippen LogP contribution in [0, 0.1) is 5.82 Å². The van der Waals surface area contributed by atoms with Crippen molar-refractivity contribution in [3.8, 4) is 0 Å². The van der Waals surface area contributed by atoms with E-state index in [0.717, 1.165) is 5.56 Å². The molecule has 0 amide bonds. The minimum absolute atomic E-state index is 0.129. The second kappa shape index (κ2) is 5.08. The molecule has 0 spiro atoms. The monoisotopic (exact) mass is 196 g/mol.